The maximum absolute atomic E-state index is 11.6. The number of unbranched alkanes of at least 4 members (excludes halogenated alkanes) is 1. The van der Waals surface area contributed by atoms with Gasteiger partial charge in [0.25, 0.3) is 0 Å². The van der Waals surface area contributed by atoms with E-state index < -0.39 is 29.8 Å². The van der Waals surface area contributed by atoms with Crippen LogP contribution in [-0.2, 0) is 14.4 Å². The lowest BCUT2D eigenvalue weighted by atomic mass is 10.1. The van der Waals surface area contributed by atoms with Crippen LogP contribution in [0.25, 0.3) is 0 Å². The molecule has 1 fully saturated rings. The van der Waals surface area contributed by atoms with Crippen molar-refractivity contribution in [3.63, 3.8) is 0 Å². The number of carboxylic acid groups (broad SMARTS) is 2. The molecule has 0 bridgehead atoms. The van der Waals surface area contributed by atoms with Gasteiger partial charge in [-0.1, -0.05) is 0 Å². The predicted octanol–water partition coefficient (Wildman–Crippen LogP) is -0.498. The number of carbonyl (C=O) groups excluding carboxylic acids is 1. The summed E-state index contributed by atoms with van der Waals surface area (Å²) in [6.07, 6.45) is 1.49. The Hall–Kier alpha value is -1.63. The Kier molecular flexibility index (Phi) is 5.08. The second-order valence-corrected chi connectivity index (χ2v) is 4.42. The Bertz CT molecular complexity index is 344. The summed E-state index contributed by atoms with van der Waals surface area (Å²) < 4.78 is 0. The molecule has 0 radical (unpaired) electrons. The molecule has 2 atom stereocenters. The highest BCUT2D eigenvalue weighted by Gasteiger charge is 2.40. The number of hydrogen-bond donors (Lipinski definition) is 3. The van der Waals surface area contributed by atoms with Crippen LogP contribution in [0.5, 0.6) is 0 Å². The molecule has 102 valence electrons. The van der Waals surface area contributed by atoms with E-state index in [4.69, 9.17) is 15.9 Å². The second-order valence-electron chi connectivity index (χ2n) is 4.42. The standard InChI is InChI=1S/C11H18N2O5/c12-4-2-1-3-8(11(17)18)13-6-7(10(15)16)5-9(13)14/h7-8H,1-6,12H2,(H,15,16)(H,17,18). The SMILES string of the molecule is NCCCCC(C(=O)O)N1CC(C(=O)O)CC1=O. The number of hydrogen-bond acceptors (Lipinski definition) is 4. The van der Waals surface area contributed by atoms with Crippen molar-refractivity contribution in [1.29, 1.82) is 0 Å². The summed E-state index contributed by atoms with van der Waals surface area (Å²) in [6, 6.07) is -0.937. The van der Waals surface area contributed by atoms with Crippen molar-refractivity contribution < 1.29 is 24.6 Å². The zero-order chi connectivity index (χ0) is 13.7. The average molecular weight is 258 g/mol. The molecule has 0 aromatic rings. The van der Waals surface area contributed by atoms with Gasteiger partial charge in [0.1, 0.15) is 6.04 Å². The smallest absolute Gasteiger partial charge is 0.326 e. The van der Waals surface area contributed by atoms with Crippen molar-refractivity contribution in [1.82, 2.24) is 4.90 Å². The average Bonchev–Trinajstić information content (AvgIpc) is 2.66. The first-order valence-corrected chi connectivity index (χ1v) is 5.92. The highest BCUT2D eigenvalue weighted by Crippen LogP contribution is 2.22. The number of nitrogens with two attached hydrogens (primary N) is 1. The van der Waals surface area contributed by atoms with Gasteiger partial charge in [0.05, 0.1) is 5.92 Å². The van der Waals surface area contributed by atoms with Gasteiger partial charge < -0.3 is 20.8 Å². The fraction of sp³-hybridized carbons (Fsp3) is 0.727. The molecular weight excluding hydrogens is 240 g/mol. The Morgan fingerprint density at radius 2 is 2.06 bits per heavy atom. The van der Waals surface area contributed by atoms with E-state index in [0.29, 0.717) is 25.8 Å². The van der Waals surface area contributed by atoms with Gasteiger partial charge in [-0.15, -0.1) is 0 Å². The van der Waals surface area contributed by atoms with Crippen LogP contribution < -0.4 is 5.73 Å². The van der Waals surface area contributed by atoms with Crippen molar-refractivity contribution in [2.24, 2.45) is 11.7 Å². The van der Waals surface area contributed by atoms with Crippen molar-refractivity contribution in [3.8, 4) is 0 Å². The lowest BCUT2D eigenvalue weighted by Gasteiger charge is -2.24. The number of rotatable bonds is 7. The minimum absolute atomic E-state index is 0.0201. The van der Waals surface area contributed by atoms with Gasteiger partial charge in [0.2, 0.25) is 5.91 Å². The molecular formula is C11H18N2O5. The number of amides is 1. The third-order valence-electron chi connectivity index (χ3n) is 3.10. The number of carbonyl (C=O) groups is 3. The fourth-order valence-corrected chi connectivity index (χ4v) is 2.09. The molecule has 0 saturated carbocycles. The van der Waals surface area contributed by atoms with Gasteiger partial charge in [-0.25, -0.2) is 4.79 Å². The van der Waals surface area contributed by atoms with Gasteiger partial charge in [-0.05, 0) is 25.8 Å². The molecule has 7 heteroatoms. The van der Waals surface area contributed by atoms with E-state index in [1.54, 1.807) is 0 Å². The third-order valence-corrected chi connectivity index (χ3v) is 3.10. The molecule has 1 heterocycles. The van der Waals surface area contributed by atoms with E-state index in [-0.39, 0.29) is 13.0 Å². The van der Waals surface area contributed by atoms with Crippen LogP contribution in [0.15, 0.2) is 0 Å². The van der Waals surface area contributed by atoms with E-state index in [9.17, 15) is 14.4 Å². The van der Waals surface area contributed by atoms with E-state index in [0.717, 1.165) is 4.90 Å². The predicted molar refractivity (Wildman–Crippen MR) is 61.8 cm³/mol. The zero-order valence-corrected chi connectivity index (χ0v) is 10.0. The number of likely N-dealkylation sites (tertiary alicyclic amines) is 1. The maximum Gasteiger partial charge on any atom is 0.326 e. The summed E-state index contributed by atoms with van der Waals surface area (Å²) in [5, 5.41) is 17.9. The minimum atomic E-state index is -1.09. The van der Waals surface area contributed by atoms with Gasteiger partial charge in [-0.2, -0.15) is 0 Å². The second kappa shape index (κ2) is 6.34. The zero-order valence-electron chi connectivity index (χ0n) is 10.0. The van der Waals surface area contributed by atoms with Crippen LogP contribution in [0.3, 0.4) is 0 Å². The van der Waals surface area contributed by atoms with E-state index in [2.05, 4.69) is 0 Å². The monoisotopic (exact) mass is 258 g/mol. The van der Waals surface area contributed by atoms with Crippen molar-refractivity contribution in [2.75, 3.05) is 13.1 Å². The summed E-state index contributed by atoms with van der Waals surface area (Å²) in [4.78, 5) is 34.7. The molecule has 4 N–H and O–H groups in total. The summed E-state index contributed by atoms with van der Waals surface area (Å²) in [5.41, 5.74) is 5.33. The Morgan fingerprint density at radius 3 is 2.50 bits per heavy atom. The maximum atomic E-state index is 11.6. The fourth-order valence-electron chi connectivity index (χ4n) is 2.09. The van der Waals surface area contributed by atoms with Crippen molar-refractivity contribution in [2.45, 2.75) is 31.7 Å². The Labute approximate surface area is 105 Å². The lowest BCUT2D eigenvalue weighted by Crippen LogP contribution is -2.42. The lowest BCUT2D eigenvalue weighted by molar-refractivity contribution is -0.148. The molecule has 0 aliphatic carbocycles. The molecule has 1 aliphatic heterocycles. The highest BCUT2D eigenvalue weighted by molar-refractivity contribution is 5.89. The normalized spacial score (nSPS) is 21.1. The molecule has 7 nitrogen and oxygen atoms in total. The number of nitrogens with zero attached hydrogens (tertiary/aromatic N) is 1. The van der Waals surface area contributed by atoms with E-state index >= 15 is 0 Å². The number of carboxylic acids is 2. The van der Waals surface area contributed by atoms with Crippen LogP contribution >= 0.6 is 0 Å². The molecule has 18 heavy (non-hydrogen) atoms. The molecule has 0 aromatic carbocycles. The highest BCUT2D eigenvalue weighted by atomic mass is 16.4. The minimum Gasteiger partial charge on any atom is -0.481 e. The van der Waals surface area contributed by atoms with Gasteiger partial charge >= 0.3 is 11.9 Å². The van der Waals surface area contributed by atoms with Gasteiger partial charge in [0, 0.05) is 13.0 Å². The summed E-state index contributed by atoms with van der Waals surface area (Å²) in [6.45, 7) is 0.450. The summed E-state index contributed by atoms with van der Waals surface area (Å²) in [5.74, 6) is -3.35. The van der Waals surface area contributed by atoms with Crippen molar-refractivity contribution in [3.05, 3.63) is 0 Å². The molecule has 0 spiro atoms. The van der Waals surface area contributed by atoms with Gasteiger partial charge in [-0.3, -0.25) is 9.59 Å². The Balaban J connectivity index is 2.65. The largest absolute Gasteiger partial charge is 0.481 e. The Morgan fingerprint density at radius 1 is 1.39 bits per heavy atom. The molecule has 0 aromatic heterocycles. The van der Waals surface area contributed by atoms with Crippen LogP contribution in [0.2, 0.25) is 0 Å². The van der Waals surface area contributed by atoms with E-state index in [1.165, 1.54) is 0 Å². The first-order chi connectivity index (χ1) is 8.47. The van der Waals surface area contributed by atoms with Crippen LogP contribution in [-0.4, -0.2) is 52.1 Å². The topological polar surface area (TPSA) is 121 Å². The molecule has 1 amide bonds. The molecule has 2 unspecified atom stereocenters. The molecule has 1 aliphatic rings. The summed E-state index contributed by atoms with van der Waals surface area (Å²) >= 11 is 0. The third kappa shape index (κ3) is 3.43. The first kappa shape index (κ1) is 14.4. The van der Waals surface area contributed by atoms with Crippen LogP contribution in [0.1, 0.15) is 25.7 Å². The number of aliphatic carboxylic acids is 2. The first-order valence-electron chi connectivity index (χ1n) is 5.92. The molecule has 1 rings (SSSR count). The molecule has 1 saturated heterocycles. The van der Waals surface area contributed by atoms with E-state index in [1.807, 2.05) is 0 Å². The van der Waals surface area contributed by atoms with Gasteiger partial charge in [0.15, 0.2) is 0 Å². The van der Waals surface area contributed by atoms with Crippen LogP contribution in [0, 0.1) is 5.92 Å². The van der Waals surface area contributed by atoms with Crippen molar-refractivity contribution >= 4 is 17.8 Å². The summed E-state index contributed by atoms with van der Waals surface area (Å²) in [7, 11) is 0. The van der Waals surface area contributed by atoms with Crippen LogP contribution in [0.4, 0.5) is 0 Å². The quantitative estimate of drug-likeness (QED) is 0.529.